The van der Waals surface area contributed by atoms with Gasteiger partial charge in [-0.05, 0) is 12.5 Å². The SMILES string of the molecule is C=CCC[Si](CO)(OC)OC. The Kier molecular flexibility index (Phi) is 5.40. The lowest BCUT2D eigenvalue weighted by Crippen LogP contribution is -2.44. The van der Waals surface area contributed by atoms with Gasteiger partial charge in [-0.1, -0.05) is 6.08 Å². The van der Waals surface area contributed by atoms with Gasteiger partial charge in [-0.3, -0.25) is 0 Å². The van der Waals surface area contributed by atoms with E-state index in [-0.39, 0.29) is 6.23 Å². The minimum atomic E-state index is -2.25. The molecule has 11 heavy (non-hydrogen) atoms. The third-order valence-corrected chi connectivity index (χ3v) is 4.73. The summed E-state index contributed by atoms with van der Waals surface area (Å²) in [7, 11) is 0.903. The predicted octanol–water partition coefficient (Wildman–Crippen LogP) is 0.829. The molecule has 0 aliphatic rings. The Bertz CT molecular complexity index is 104. The summed E-state index contributed by atoms with van der Waals surface area (Å²) in [5.41, 5.74) is 0. The molecule has 0 saturated heterocycles. The quantitative estimate of drug-likeness (QED) is 0.481. The summed E-state index contributed by atoms with van der Waals surface area (Å²) in [5, 5.41) is 8.98. The second-order valence-corrected chi connectivity index (χ2v) is 5.76. The largest absolute Gasteiger partial charge is 0.396 e. The number of aliphatic hydroxyl groups excluding tert-OH is 1. The van der Waals surface area contributed by atoms with Gasteiger partial charge in [0, 0.05) is 14.2 Å². The zero-order chi connectivity index (χ0) is 8.74. The van der Waals surface area contributed by atoms with Crippen LogP contribution < -0.4 is 0 Å². The molecule has 0 saturated carbocycles. The summed E-state index contributed by atoms with van der Waals surface area (Å²) in [6.07, 6.45) is 2.64. The molecule has 0 spiro atoms. The molecule has 1 N–H and O–H groups in total. The van der Waals surface area contributed by atoms with Crippen molar-refractivity contribution in [2.24, 2.45) is 0 Å². The van der Waals surface area contributed by atoms with Gasteiger partial charge in [-0.15, -0.1) is 6.58 Å². The van der Waals surface area contributed by atoms with Crippen LogP contribution in [0.2, 0.25) is 6.04 Å². The maximum absolute atomic E-state index is 8.98. The highest BCUT2D eigenvalue weighted by Crippen LogP contribution is 2.13. The molecule has 66 valence electrons. The Hall–Kier alpha value is -0.163. The molecule has 0 amide bonds. The van der Waals surface area contributed by atoms with Gasteiger partial charge in [0.1, 0.15) is 0 Å². The van der Waals surface area contributed by atoms with Gasteiger partial charge in [0.25, 0.3) is 0 Å². The zero-order valence-corrected chi connectivity index (χ0v) is 8.17. The van der Waals surface area contributed by atoms with Crippen LogP contribution in [-0.2, 0) is 8.85 Å². The van der Waals surface area contributed by atoms with Gasteiger partial charge < -0.3 is 14.0 Å². The number of hydrogen-bond acceptors (Lipinski definition) is 3. The van der Waals surface area contributed by atoms with Crippen molar-refractivity contribution in [2.75, 3.05) is 20.4 Å². The molecule has 0 aromatic rings. The Morgan fingerprint density at radius 1 is 1.45 bits per heavy atom. The fourth-order valence-corrected chi connectivity index (χ4v) is 2.45. The second-order valence-electron chi connectivity index (χ2n) is 2.30. The van der Waals surface area contributed by atoms with Gasteiger partial charge >= 0.3 is 8.56 Å². The van der Waals surface area contributed by atoms with Gasteiger partial charge in [-0.25, -0.2) is 0 Å². The molecule has 3 nitrogen and oxygen atoms in total. The smallest absolute Gasteiger partial charge is 0.364 e. The maximum atomic E-state index is 8.98. The van der Waals surface area contributed by atoms with Gasteiger partial charge in [0.2, 0.25) is 0 Å². The fourth-order valence-electron chi connectivity index (χ4n) is 0.818. The normalized spacial score (nSPS) is 11.5. The van der Waals surface area contributed by atoms with Crippen molar-refractivity contribution < 1.29 is 14.0 Å². The molecule has 0 heterocycles. The van der Waals surface area contributed by atoms with Crippen LogP contribution >= 0.6 is 0 Å². The zero-order valence-electron chi connectivity index (χ0n) is 7.17. The van der Waals surface area contributed by atoms with Crippen LogP contribution in [0.15, 0.2) is 12.7 Å². The third kappa shape index (κ3) is 3.16. The van der Waals surface area contributed by atoms with Crippen molar-refractivity contribution in [1.29, 1.82) is 0 Å². The molecule has 0 aromatic carbocycles. The highest BCUT2D eigenvalue weighted by atomic mass is 28.4. The van der Waals surface area contributed by atoms with Gasteiger partial charge in [0.05, 0.1) is 6.23 Å². The summed E-state index contributed by atoms with van der Waals surface area (Å²) in [6.45, 7) is 3.60. The monoisotopic (exact) mass is 176 g/mol. The van der Waals surface area contributed by atoms with Crippen molar-refractivity contribution in [3.05, 3.63) is 12.7 Å². The Labute approximate surface area is 68.9 Å². The van der Waals surface area contributed by atoms with E-state index in [1.165, 1.54) is 0 Å². The molecular weight excluding hydrogens is 160 g/mol. The minimum Gasteiger partial charge on any atom is -0.396 e. The number of hydrogen-bond donors (Lipinski definition) is 1. The highest BCUT2D eigenvalue weighted by Gasteiger charge is 2.33. The highest BCUT2D eigenvalue weighted by molar-refractivity contribution is 6.67. The van der Waals surface area contributed by atoms with Crippen LogP contribution in [0, 0.1) is 0 Å². The predicted molar refractivity (Wildman–Crippen MR) is 46.5 cm³/mol. The van der Waals surface area contributed by atoms with Crippen molar-refractivity contribution in [1.82, 2.24) is 0 Å². The van der Waals surface area contributed by atoms with E-state index in [0.717, 1.165) is 12.5 Å². The number of rotatable bonds is 6. The van der Waals surface area contributed by atoms with Crippen LogP contribution in [-0.4, -0.2) is 34.1 Å². The average molecular weight is 176 g/mol. The minimum absolute atomic E-state index is 0.00778. The number of allylic oxidation sites excluding steroid dienone is 1. The summed E-state index contributed by atoms with van der Waals surface area (Å²) in [4.78, 5) is 0. The fraction of sp³-hybridized carbons (Fsp3) is 0.714. The summed E-state index contributed by atoms with van der Waals surface area (Å²) in [5.74, 6) is 0. The van der Waals surface area contributed by atoms with Crippen molar-refractivity contribution >= 4 is 8.56 Å². The van der Waals surface area contributed by atoms with E-state index in [2.05, 4.69) is 6.58 Å². The molecule has 0 atom stereocenters. The molecule has 4 heteroatoms. The van der Waals surface area contributed by atoms with Crippen molar-refractivity contribution in [2.45, 2.75) is 12.5 Å². The molecule has 0 aromatic heterocycles. The lowest BCUT2D eigenvalue weighted by molar-refractivity contribution is 0.197. The Morgan fingerprint density at radius 2 is 2.00 bits per heavy atom. The van der Waals surface area contributed by atoms with Crippen LogP contribution in [0.25, 0.3) is 0 Å². The lowest BCUT2D eigenvalue weighted by Gasteiger charge is -2.24. The first kappa shape index (κ1) is 10.8. The molecule has 0 rings (SSSR count). The van der Waals surface area contributed by atoms with Crippen LogP contribution in [0.1, 0.15) is 6.42 Å². The van der Waals surface area contributed by atoms with Crippen LogP contribution in [0.4, 0.5) is 0 Å². The molecule has 0 aliphatic heterocycles. The lowest BCUT2D eigenvalue weighted by atomic mass is 10.5. The van der Waals surface area contributed by atoms with Gasteiger partial charge in [0.15, 0.2) is 0 Å². The standard InChI is InChI=1S/C7H16O3Si/c1-4-5-6-11(7-8,9-2)10-3/h4,8H,1,5-7H2,2-3H3. The van der Waals surface area contributed by atoms with Crippen molar-refractivity contribution in [3.8, 4) is 0 Å². The molecule has 0 radical (unpaired) electrons. The third-order valence-electron chi connectivity index (χ3n) is 1.71. The Balaban J connectivity index is 3.93. The summed E-state index contributed by atoms with van der Waals surface area (Å²) in [6, 6.07) is 0.764. The van der Waals surface area contributed by atoms with Crippen LogP contribution in [0.5, 0.6) is 0 Å². The second kappa shape index (κ2) is 5.48. The first-order valence-electron chi connectivity index (χ1n) is 3.56. The van der Waals surface area contributed by atoms with E-state index in [1.54, 1.807) is 20.3 Å². The molecule has 0 aliphatic carbocycles. The summed E-state index contributed by atoms with van der Waals surface area (Å²) < 4.78 is 10.3. The van der Waals surface area contributed by atoms with E-state index in [4.69, 9.17) is 14.0 Å². The molecule has 0 unspecified atom stereocenters. The van der Waals surface area contributed by atoms with E-state index in [0.29, 0.717) is 0 Å². The van der Waals surface area contributed by atoms with Gasteiger partial charge in [-0.2, -0.15) is 0 Å². The maximum Gasteiger partial charge on any atom is 0.364 e. The number of aliphatic hydroxyl groups is 1. The molecule has 0 bridgehead atoms. The average Bonchev–Trinajstić information content (AvgIpc) is 2.08. The van der Waals surface area contributed by atoms with E-state index in [1.807, 2.05) is 0 Å². The topological polar surface area (TPSA) is 38.7 Å². The first-order chi connectivity index (χ1) is 5.24. The van der Waals surface area contributed by atoms with Crippen molar-refractivity contribution in [3.63, 3.8) is 0 Å². The molecule has 0 fully saturated rings. The van der Waals surface area contributed by atoms with E-state index >= 15 is 0 Å². The first-order valence-corrected chi connectivity index (χ1v) is 5.80. The van der Waals surface area contributed by atoms with E-state index < -0.39 is 8.56 Å². The Morgan fingerprint density at radius 3 is 2.27 bits per heavy atom. The van der Waals surface area contributed by atoms with Crippen LogP contribution in [0.3, 0.4) is 0 Å². The summed E-state index contributed by atoms with van der Waals surface area (Å²) >= 11 is 0. The van der Waals surface area contributed by atoms with E-state index in [9.17, 15) is 0 Å². The molecular formula is C7H16O3Si.